The number of nitrogens with two attached hydrogens (primary N) is 1. The molecule has 0 unspecified atom stereocenters. The van der Waals surface area contributed by atoms with Crippen LogP contribution in [-0.4, -0.2) is 43.6 Å². The van der Waals surface area contributed by atoms with E-state index in [4.69, 9.17) is 5.73 Å². The molecule has 3 N–H and O–H groups in total. The van der Waals surface area contributed by atoms with Gasteiger partial charge >= 0.3 is 0 Å². The van der Waals surface area contributed by atoms with E-state index in [0.29, 0.717) is 18.4 Å². The summed E-state index contributed by atoms with van der Waals surface area (Å²) in [5, 5.41) is 3.01. The molecule has 0 aliphatic carbocycles. The lowest BCUT2D eigenvalue weighted by molar-refractivity contribution is 0.180. The van der Waals surface area contributed by atoms with Crippen molar-refractivity contribution < 1.29 is 0 Å². The molecule has 19 heavy (non-hydrogen) atoms. The summed E-state index contributed by atoms with van der Waals surface area (Å²) in [6.07, 6.45) is 5.59. The second-order valence-electron chi connectivity index (χ2n) is 5.86. The molecular formula is C15H30N4. The summed E-state index contributed by atoms with van der Waals surface area (Å²) >= 11 is 0. The predicted octanol–water partition coefficient (Wildman–Crippen LogP) is 1.83. The number of piperidine rings is 1. The minimum atomic E-state index is 0.544. The molecule has 0 atom stereocenters. The van der Waals surface area contributed by atoms with Crippen LogP contribution >= 0.6 is 0 Å². The van der Waals surface area contributed by atoms with E-state index < -0.39 is 0 Å². The highest BCUT2D eigenvalue weighted by Crippen LogP contribution is 2.18. The molecule has 0 aromatic heterocycles. The average molecular weight is 266 g/mol. The molecule has 0 radical (unpaired) electrons. The first-order chi connectivity index (χ1) is 9.11. The summed E-state index contributed by atoms with van der Waals surface area (Å²) < 4.78 is 0. The monoisotopic (exact) mass is 266 g/mol. The van der Waals surface area contributed by atoms with Crippen molar-refractivity contribution in [2.75, 3.05) is 32.7 Å². The molecule has 0 saturated carbocycles. The molecule has 0 aromatic rings. The number of rotatable bonds is 7. The van der Waals surface area contributed by atoms with Crippen molar-refractivity contribution in [2.45, 2.75) is 33.1 Å². The molecule has 4 heteroatoms. The van der Waals surface area contributed by atoms with Crippen LogP contribution in [0.25, 0.3) is 0 Å². The fraction of sp³-hybridized carbons (Fsp3) is 0.800. The van der Waals surface area contributed by atoms with E-state index in [0.717, 1.165) is 12.5 Å². The summed E-state index contributed by atoms with van der Waals surface area (Å²) in [7, 11) is 0. The Kier molecular flexibility index (Phi) is 7.56. The molecule has 0 aromatic carbocycles. The third-order valence-electron chi connectivity index (χ3n) is 3.68. The van der Waals surface area contributed by atoms with Crippen LogP contribution < -0.4 is 11.1 Å². The Morgan fingerprint density at radius 1 is 1.47 bits per heavy atom. The van der Waals surface area contributed by atoms with Crippen LogP contribution in [0.4, 0.5) is 0 Å². The summed E-state index contributed by atoms with van der Waals surface area (Å²) in [6, 6.07) is 0. The first-order valence-corrected chi connectivity index (χ1v) is 7.48. The Bertz CT molecular complexity index is 278. The first-order valence-electron chi connectivity index (χ1n) is 7.48. The normalized spacial score (nSPS) is 18.8. The van der Waals surface area contributed by atoms with Gasteiger partial charge in [0.15, 0.2) is 5.96 Å². The van der Waals surface area contributed by atoms with Gasteiger partial charge in [-0.3, -0.25) is 4.99 Å². The number of nitrogens with zero attached hydrogens (tertiary/aromatic N) is 2. The van der Waals surface area contributed by atoms with E-state index in [2.05, 4.69) is 35.6 Å². The van der Waals surface area contributed by atoms with Crippen LogP contribution in [0.5, 0.6) is 0 Å². The number of aliphatic imine (C=N–C) groups is 1. The molecular weight excluding hydrogens is 236 g/mol. The standard InChI is InChI=1S/C15H30N4/c1-4-8-17-15(16)18-12-14-6-10-19(11-7-14)9-5-13(2)3/h4,13-14H,1,5-12H2,2-3H3,(H3,16,17,18). The van der Waals surface area contributed by atoms with E-state index in [-0.39, 0.29) is 0 Å². The van der Waals surface area contributed by atoms with E-state index >= 15 is 0 Å². The molecule has 1 aliphatic rings. The van der Waals surface area contributed by atoms with E-state index in [1.165, 1.54) is 38.9 Å². The zero-order chi connectivity index (χ0) is 14.1. The predicted molar refractivity (Wildman–Crippen MR) is 83.3 cm³/mol. The van der Waals surface area contributed by atoms with E-state index in [9.17, 15) is 0 Å². The summed E-state index contributed by atoms with van der Waals surface area (Å²) in [4.78, 5) is 6.98. The van der Waals surface area contributed by atoms with Crippen LogP contribution in [0.1, 0.15) is 33.1 Å². The minimum absolute atomic E-state index is 0.544. The van der Waals surface area contributed by atoms with Crippen molar-refractivity contribution in [3.8, 4) is 0 Å². The van der Waals surface area contributed by atoms with Crippen molar-refractivity contribution in [3.05, 3.63) is 12.7 Å². The number of likely N-dealkylation sites (tertiary alicyclic amines) is 1. The van der Waals surface area contributed by atoms with Crippen LogP contribution in [0.2, 0.25) is 0 Å². The number of nitrogens with one attached hydrogen (secondary N) is 1. The lowest BCUT2D eigenvalue weighted by Crippen LogP contribution is -2.36. The molecule has 0 spiro atoms. The maximum Gasteiger partial charge on any atom is 0.188 e. The van der Waals surface area contributed by atoms with Crippen molar-refractivity contribution in [2.24, 2.45) is 22.6 Å². The first kappa shape index (κ1) is 16.0. The third kappa shape index (κ3) is 7.21. The maximum absolute atomic E-state index is 5.77. The second kappa shape index (κ2) is 8.97. The lowest BCUT2D eigenvalue weighted by Gasteiger charge is -2.31. The molecule has 0 amide bonds. The van der Waals surface area contributed by atoms with Gasteiger partial charge in [-0.05, 0) is 50.7 Å². The SMILES string of the molecule is C=CCNC(N)=NCC1CCN(CCC(C)C)CC1. The van der Waals surface area contributed by atoms with Gasteiger partial charge < -0.3 is 16.0 Å². The summed E-state index contributed by atoms with van der Waals surface area (Å²) in [5.74, 6) is 2.04. The Labute approximate surface area is 118 Å². The number of guanidine groups is 1. The van der Waals surface area contributed by atoms with E-state index in [1.807, 2.05) is 0 Å². The number of hydrogen-bond acceptors (Lipinski definition) is 2. The Balaban J connectivity index is 2.17. The van der Waals surface area contributed by atoms with Crippen LogP contribution in [0.15, 0.2) is 17.6 Å². The molecule has 110 valence electrons. The van der Waals surface area contributed by atoms with Crippen molar-refractivity contribution in [1.29, 1.82) is 0 Å². The highest BCUT2D eigenvalue weighted by atomic mass is 15.1. The van der Waals surface area contributed by atoms with Gasteiger partial charge in [0.05, 0.1) is 0 Å². The van der Waals surface area contributed by atoms with Gasteiger partial charge in [-0.2, -0.15) is 0 Å². The van der Waals surface area contributed by atoms with Crippen LogP contribution in [0.3, 0.4) is 0 Å². The molecule has 1 fully saturated rings. The molecule has 4 nitrogen and oxygen atoms in total. The zero-order valence-electron chi connectivity index (χ0n) is 12.6. The second-order valence-corrected chi connectivity index (χ2v) is 5.86. The van der Waals surface area contributed by atoms with Gasteiger partial charge in [-0.15, -0.1) is 6.58 Å². The summed E-state index contributed by atoms with van der Waals surface area (Å²) in [6.45, 7) is 13.4. The molecule has 1 rings (SSSR count). The smallest absolute Gasteiger partial charge is 0.188 e. The average Bonchev–Trinajstić information content (AvgIpc) is 2.41. The van der Waals surface area contributed by atoms with Crippen LogP contribution in [0, 0.1) is 11.8 Å². The molecule has 0 bridgehead atoms. The van der Waals surface area contributed by atoms with Gasteiger partial charge in [-0.1, -0.05) is 19.9 Å². The third-order valence-corrected chi connectivity index (χ3v) is 3.68. The highest BCUT2D eigenvalue weighted by Gasteiger charge is 2.18. The molecule has 1 saturated heterocycles. The maximum atomic E-state index is 5.77. The fourth-order valence-corrected chi connectivity index (χ4v) is 2.29. The van der Waals surface area contributed by atoms with Gasteiger partial charge in [-0.25, -0.2) is 0 Å². The highest BCUT2D eigenvalue weighted by molar-refractivity contribution is 5.77. The largest absolute Gasteiger partial charge is 0.370 e. The Morgan fingerprint density at radius 2 is 2.16 bits per heavy atom. The zero-order valence-corrected chi connectivity index (χ0v) is 12.6. The van der Waals surface area contributed by atoms with Gasteiger partial charge in [0, 0.05) is 13.1 Å². The van der Waals surface area contributed by atoms with Crippen LogP contribution in [-0.2, 0) is 0 Å². The minimum Gasteiger partial charge on any atom is -0.370 e. The fourth-order valence-electron chi connectivity index (χ4n) is 2.29. The number of hydrogen-bond donors (Lipinski definition) is 2. The van der Waals surface area contributed by atoms with Crippen molar-refractivity contribution >= 4 is 5.96 Å². The summed E-state index contributed by atoms with van der Waals surface area (Å²) in [5.41, 5.74) is 5.77. The van der Waals surface area contributed by atoms with Gasteiger partial charge in [0.2, 0.25) is 0 Å². The Hall–Kier alpha value is -1.03. The molecule has 1 aliphatic heterocycles. The molecule has 1 heterocycles. The lowest BCUT2D eigenvalue weighted by atomic mass is 9.96. The van der Waals surface area contributed by atoms with Gasteiger partial charge in [0.1, 0.15) is 0 Å². The topological polar surface area (TPSA) is 53.6 Å². The van der Waals surface area contributed by atoms with Gasteiger partial charge in [0.25, 0.3) is 0 Å². The Morgan fingerprint density at radius 3 is 2.74 bits per heavy atom. The quantitative estimate of drug-likeness (QED) is 0.420. The van der Waals surface area contributed by atoms with Crippen molar-refractivity contribution in [3.63, 3.8) is 0 Å². The van der Waals surface area contributed by atoms with Crippen molar-refractivity contribution in [1.82, 2.24) is 10.2 Å². The van der Waals surface area contributed by atoms with E-state index in [1.54, 1.807) is 6.08 Å².